The number of aliphatic hydroxyl groups excluding tert-OH is 1. The fourth-order valence-corrected chi connectivity index (χ4v) is 6.13. The van der Waals surface area contributed by atoms with Crippen molar-refractivity contribution < 1.29 is 5.11 Å². The van der Waals surface area contributed by atoms with Crippen LogP contribution in [0.1, 0.15) is 77.3 Å². The smallest absolute Gasteiger partial charge is 0.185 e. The summed E-state index contributed by atoms with van der Waals surface area (Å²) in [6.07, 6.45) is 6.91. The lowest BCUT2D eigenvalue weighted by molar-refractivity contribution is 0.247. The van der Waals surface area contributed by atoms with Gasteiger partial charge in [0.05, 0.1) is 12.3 Å². The van der Waals surface area contributed by atoms with Crippen LogP contribution in [-0.4, -0.2) is 35.8 Å². The Morgan fingerprint density at radius 2 is 1.81 bits per heavy atom. The number of aliphatic hydroxyl groups is 1. The number of benzene rings is 1. The average molecular weight is 442 g/mol. The lowest BCUT2D eigenvalue weighted by Gasteiger charge is -2.42. The minimum absolute atomic E-state index is 0.0632. The molecule has 1 aliphatic carbocycles. The summed E-state index contributed by atoms with van der Waals surface area (Å²) in [6, 6.07) is 6.97. The predicted molar refractivity (Wildman–Crippen MR) is 132 cm³/mol. The van der Waals surface area contributed by atoms with Crippen molar-refractivity contribution in [2.45, 2.75) is 83.1 Å². The van der Waals surface area contributed by atoms with Crippen LogP contribution in [0.5, 0.6) is 0 Å². The maximum absolute atomic E-state index is 9.13. The second-order valence-electron chi connectivity index (χ2n) is 11.0. The van der Waals surface area contributed by atoms with Crippen LogP contribution in [0.3, 0.4) is 0 Å². The highest BCUT2D eigenvalue weighted by molar-refractivity contribution is 7.14. The van der Waals surface area contributed by atoms with Gasteiger partial charge in [0, 0.05) is 30.1 Å². The van der Waals surface area contributed by atoms with Gasteiger partial charge in [-0.1, -0.05) is 39.8 Å². The molecular formula is C26H39N3OS. The third kappa shape index (κ3) is 4.84. The number of nitrogens with two attached hydrogens (primary N) is 1. The van der Waals surface area contributed by atoms with E-state index in [-0.39, 0.29) is 23.5 Å². The molecule has 1 aliphatic heterocycles. The Morgan fingerprint density at radius 3 is 2.48 bits per heavy atom. The summed E-state index contributed by atoms with van der Waals surface area (Å²) in [5.74, 6) is 0.722. The van der Waals surface area contributed by atoms with E-state index in [4.69, 9.17) is 15.8 Å². The first-order valence-electron chi connectivity index (χ1n) is 11.9. The van der Waals surface area contributed by atoms with Gasteiger partial charge in [0.1, 0.15) is 0 Å². The predicted octanol–water partition coefficient (Wildman–Crippen LogP) is 5.48. The summed E-state index contributed by atoms with van der Waals surface area (Å²) in [4.78, 5) is 7.49. The topological polar surface area (TPSA) is 62.4 Å². The van der Waals surface area contributed by atoms with E-state index in [0.717, 1.165) is 42.7 Å². The van der Waals surface area contributed by atoms with Crippen molar-refractivity contribution in [3.8, 4) is 11.3 Å². The Hall–Kier alpha value is -1.43. The number of nitrogens with zero attached hydrogens (tertiary/aromatic N) is 2. The van der Waals surface area contributed by atoms with Crippen LogP contribution in [0, 0.1) is 5.92 Å². The molecule has 0 bridgehead atoms. The zero-order chi connectivity index (χ0) is 22.2. The summed E-state index contributed by atoms with van der Waals surface area (Å²) in [5.41, 5.74) is 11.7. The highest BCUT2D eigenvalue weighted by Gasteiger charge is 2.37. The number of aromatic nitrogens is 1. The van der Waals surface area contributed by atoms with E-state index in [1.54, 1.807) is 11.3 Å². The summed E-state index contributed by atoms with van der Waals surface area (Å²) in [7, 11) is 0. The standard InChI is InChI=1S/C26H39N3OS/c1-25(2)11-12-26(3,4)22-15-19(6-8-21(22)25)23-17-31-24(28-23)29-13-9-18(10-14-29)5-7-20(27)16-30/h6,8,15,17-18,20,30H,5,7,9-14,16,27H2,1-4H3/t20-/m1/s1. The van der Waals surface area contributed by atoms with Crippen molar-refractivity contribution >= 4 is 16.5 Å². The first-order chi connectivity index (χ1) is 14.7. The van der Waals surface area contributed by atoms with E-state index in [1.165, 1.54) is 42.4 Å². The van der Waals surface area contributed by atoms with Crippen LogP contribution in [0.25, 0.3) is 11.3 Å². The summed E-state index contributed by atoms with van der Waals surface area (Å²) < 4.78 is 0. The Balaban J connectivity index is 1.45. The second-order valence-corrected chi connectivity index (χ2v) is 11.8. The van der Waals surface area contributed by atoms with E-state index < -0.39 is 0 Å². The molecule has 1 aromatic heterocycles. The number of rotatable bonds is 6. The van der Waals surface area contributed by atoms with E-state index in [1.807, 2.05) is 0 Å². The van der Waals surface area contributed by atoms with Crippen LogP contribution in [-0.2, 0) is 10.8 Å². The number of hydrogen-bond donors (Lipinski definition) is 2. The minimum Gasteiger partial charge on any atom is -0.395 e. The van der Waals surface area contributed by atoms with E-state index in [2.05, 4.69) is 56.2 Å². The average Bonchev–Trinajstić information content (AvgIpc) is 3.26. The quantitative estimate of drug-likeness (QED) is 0.623. The summed E-state index contributed by atoms with van der Waals surface area (Å²) >= 11 is 1.77. The number of anilines is 1. The maximum Gasteiger partial charge on any atom is 0.185 e. The van der Waals surface area contributed by atoms with Gasteiger partial charge in [0.2, 0.25) is 0 Å². The number of fused-ring (bicyclic) bond motifs is 1. The van der Waals surface area contributed by atoms with Crippen molar-refractivity contribution in [3.63, 3.8) is 0 Å². The molecule has 5 heteroatoms. The lowest BCUT2D eigenvalue weighted by Crippen LogP contribution is -2.34. The van der Waals surface area contributed by atoms with Crippen LogP contribution >= 0.6 is 11.3 Å². The number of hydrogen-bond acceptors (Lipinski definition) is 5. The van der Waals surface area contributed by atoms with Crippen molar-refractivity contribution in [2.75, 3.05) is 24.6 Å². The lowest BCUT2D eigenvalue weighted by atomic mass is 9.63. The summed E-state index contributed by atoms with van der Waals surface area (Å²) in [6.45, 7) is 11.8. The van der Waals surface area contributed by atoms with Crippen molar-refractivity contribution in [2.24, 2.45) is 11.7 Å². The molecule has 4 rings (SSSR count). The van der Waals surface area contributed by atoms with Crippen molar-refractivity contribution in [3.05, 3.63) is 34.7 Å². The summed E-state index contributed by atoms with van der Waals surface area (Å²) in [5, 5.41) is 12.5. The largest absolute Gasteiger partial charge is 0.395 e. The molecule has 0 unspecified atom stereocenters. The third-order valence-corrected chi connectivity index (χ3v) is 8.61. The first-order valence-corrected chi connectivity index (χ1v) is 12.8. The number of thiazole rings is 1. The van der Waals surface area contributed by atoms with Gasteiger partial charge in [0.25, 0.3) is 0 Å². The molecule has 1 saturated heterocycles. The van der Waals surface area contributed by atoms with Crippen LogP contribution in [0.4, 0.5) is 5.13 Å². The molecule has 0 amide bonds. The molecule has 3 N–H and O–H groups in total. The van der Waals surface area contributed by atoms with Crippen LogP contribution in [0.15, 0.2) is 23.6 Å². The van der Waals surface area contributed by atoms with E-state index in [9.17, 15) is 0 Å². The molecule has 170 valence electrons. The zero-order valence-electron chi connectivity index (χ0n) is 19.7. The van der Waals surface area contributed by atoms with Crippen molar-refractivity contribution in [1.29, 1.82) is 0 Å². The minimum atomic E-state index is -0.0632. The molecule has 0 saturated carbocycles. The van der Waals surface area contributed by atoms with Gasteiger partial charge in [-0.15, -0.1) is 11.3 Å². The molecule has 0 spiro atoms. The fourth-order valence-electron chi connectivity index (χ4n) is 5.24. The van der Waals surface area contributed by atoms with Gasteiger partial charge in [0.15, 0.2) is 5.13 Å². The second kappa shape index (κ2) is 8.84. The van der Waals surface area contributed by atoms with Gasteiger partial charge < -0.3 is 15.7 Å². The molecular weight excluding hydrogens is 402 g/mol. The normalized spacial score (nSPS) is 21.7. The van der Waals surface area contributed by atoms with Gasteiger partial charge in [-0.25, -0.2) is 4.98 Å². The highest BCUT2D eigenvalue weighted by Crippen LogP contribution is 2.47. The maximum atomic E-state index is 9.13. The molecule has 2 aromatic rings. The fraction of sp³-hybridized carbons (Fsp3) is 0.654. The molecule has 1 aromatic carbocycles. The molecule has 1 fully saturated rings. The van der Waals surface area contributed by atoms with Gasteiger partial charge >= 0.3 is 0 Å². The first kappa shape index (κ1) is 22.8. The molecule has 4 nitrogen and oxygen atoms in total. The SMILES string of the molecule is CC1(C)CCC(C)(C)c2cc(-c3csc(N4CCC(CC[C@@H](N)CO)CC4)n3)ccc21. The van der Waals surface area contributed by atoms with Crippen LogP contribution < -0.4 is 10.6 Å². The van der Waals surface area contributed by atoms with Gasteiger partial charge in [-0.05, 0) is 72.5 Å². The highest BCUT2D eigenvalue weighted by atomic mass is 32.1. The molecule has 2 heterocycles. The van der Waals surface area contributed by atoms with Gasteiger partial charge in [-0.2, -0.15) is 0 Å². The Labute approximate surface area is 191 Å². The third-order valence-electron chi connectivity index (χ3n) is 7.71. The zero-order valence-corrected chi connectivity index (χ0v) is 20.5. The Kier molecular flexibility index (Phi) is 6.49. The molecule has 1 atom stereocenters. The Bertz CT molecular complexity index is 896. The molecule has 0 radical (unpaired) electrons. The van der Waals surface area contributed by atoms with Crippen LogP contribution in [0.2, 0.25) is 0 Å². The van der Waals surface area contributed by atoms with E-state index >= 15 is 0 Å². The Morgan fingerprint density at radius 1 is 1.13 bits per heavy atom. The molecule has 2 aliphatic rings. The number of piperidine rings is 1. The van der Waals surface area contributed by atoms with Crippen molar-refractivity contribution in [1.82, 2.24) is 4.98 Å². The van der Waals surface area contributed by atoms with Gasteiger partial charge in [-0.3, -0.25) is 0 Å². The molecule has 31 heavy (non-hydrogen) atoms. The monoisotopic (exact) mass is 441 g/mol. The van der Waals surface area contributed by atoms with E-state index in [0.29, 0.717) is 0 Å².